The number of thiophene rings is 1. The van der Waals surface area contributed by atoms with Gasteiger partial charge in [-0.2, -0.15) is 0 Å². The molecule has 1 aromatic carbocycles. The molecule has 1 aromatic heterocycles. The van der Waals surface area contributed by atoms with Gasteiger partial charge in [-0.15, -0.1) is 11.3 Å². The molecule has 2 heterocycles. The van der Waals surface area contributed by atoms with E-state index in [-0.39, 0.29) is 6.54 Å². The lowest BCUT2D eigenvalue weighted by Crippen LogP contribution is -2.43. The van der Waals surface area contributed by atoms with Crippen molar-refractivity contribution in [2.75, 3.05) is 33.4 Å². The highest BCUT2D eigenvalue weighted by molar-refractivity contribution is 7.17. The van der Waals surface area contributed by atoms with E-state index in [9.17, 15) is 14.7 Å². The van der Waals surface area contributed by atoms with Crippen LogP contribution in [0.5, 0.6) is 0 Å². The van der Waals surface area contributed by atoms with Crippen LogP contribution in [0.15, 0.2) is 29.6 Å². The average Bonchev–Trinajstić information content (AvgIpc) is 3.10. The predicted molar refractivity (Wildman–Crippen MR) is 91.0 cm³/mol. The first kappa shape index (κ1) is 17.8. The van der Waals surface area contributed by atoms with Gasteiger partial charge in [0.15, 0.2) is 0 Å². The van der Waals surface area contributed by atoms with Gasteiger partial charge in [-0.3, -0.25) is 4.90 Å². The Morgan fingerprint density at radius 3 is 2.72 bits per heavy atom. The quantitative estimate of drug-likeness (QED) is 0.426. The minimum atomic E-state index is -2.21. The fourth-order valence-corrected chi connectivity index (χ4v) is 3.33. The molecule has 1 aliphatic heterocycles. The van der Waals surface area contributed by atoms with Crippen LogP contribution in [-0.4, -0.2) is 61.3 Å². The third-order valence-electron chi connectivity index (χ3n) is 3.81. The summed E-state index contributed by atoms with van der Waals surface area (Å²) in [5, 5.41) is 13.2. The zero-order chi connectivity index (χ0) is 17.9. The second-order valence-corrected chi connectivity index (χ2v) is 6.83. The van der Waals surface area contributed by atoms with E-state index in [1.54, 1.807) is 23.3 Å². The van der Waals surface area contributed by atoms with Gasteiger partial charge in [0.1, 0.15) is 6.54 Å². The normalized spacial score (nSPS) is 16.4. The Kier molecular flexibility index (Phi) is 5.33. The van der Waals surface area contributed by atoms with Gasteiger partial charge in [-0.05, 0) is 41.9 Å². The molecule has 134 valence electrons. The van der Waals surface area contributed by atoms with E-state index in [0.29, 0.717) is 19.8 Å². The van der Waals surface area contributed by atoms with E-state index >= 15 is 0 Å². The zero-order valence-corrected chi connectivity index (χ0v) is 14.6. The molecule has 0 aliphatic carbocycles. The summed E-state index contributed by atoms with van der Waals surface area (Å²) in [6.07, 6.45) is 0.814. The Balaban J connectivity index is 1.35. The van der Waals surface area contributed by atoms with E-state index in [2.05, 4.69) is 39.1 Å². The topological polar surface area (TPSA) is 85.3 Å². The van der Waals surface area contributed by atoms with Gasteiger partial charge in [-0.25, -0.2) is 9.59 Å². The van der Waals surface area contributed by atoms with Crippen molar-refractivity contribution in [2.45, 2.75) is 12.4 Å². The molecule has 0 bridgehead atoms. The molecule has 8 heteroatoms. The third-order valence-corrected chi connectivity index (χ3v) is 4.71. The van der Waals surface area contributed by atoms with E-state index in [1.807, 2.05) is 0 Å². The van der Waals surface area contributed by atoms with Gasteiger partial charge in [0.05, 0.1) is 13.2 Å². The molecule has 1 aliphatic rings. The Morgan fingerprint density at radius 2 is 1.96 bits per heavy atom. The van der Waals surface area contributed by atoms with Crippen molar-refractivity contribution in [3.05, 3.63) is 35.2 Å². The number of nitrogens with zero attached hydrogens (tertiary/aromatic N) is 1. The maximum absolute atomic E-state index is 11.0. The van der Waals surface area contributed by atoms with E-state index < -0.39 is 17.9 Å². The molecule has 1 N–H and O–H groups in total. The molecule has 0 unspecified atom stereocenters. The summed E-state index contributed by atoms with van der Waals surface area (Å²) >= 11 is 1.72. The second-order valence-electron chi connectivity index (χ2n) is 5.88. The molecular weight excluding hydrogens is 346 g/mol. The number of fused-ring (bicyclic) bond motifs is 1. The van der Waals surface area contributed by atoms with Gasteiger partial charge < -0.3 is 19.3 Å². The maximum atomic E-state index is 11.0. The monoisotopic (exact) mass is 365 g/mol. The summed E-state index contributed by atoms with van der Waals surface area (Å²) in [6.45, 7) is 1.37. The summed E-state index contributed by atoms with van der Waals surface area (Å²) in [6, 6.07) is 8.49. The van der Waals surface area contributed by atoms with Gasteiger partial charge >= 0.3 is 17.9 Å². The number of esters is 2. The largest absolute Gasteiger partial charge is 0.422 e. The van der Waals surface area contributed by atoms with Crippen LogP contribution in [-0.2, 0) is 30.2 Å². The number of benzene rings is 1. The van der Waals surface area contributed by atoms with Crippen molar-refractivity contribution in [1.82, 2.24) is 4.90 Å². The molecule has 0 atom stereocenters. The highest BCUT2D eigenvalue weighted by atomic mass is 32.1. The summed E-state index contributed by atoms with van der Waals surface area (Å²) in [4.78, 5) is 23.6. The lowest BCUT2D eigenvalue weighted by Gasteiger charge is -2.24. The molecular formula is C17H19NO6S. The Labute approximate surface area is 148 Å². The molecule has 0 amide bonds. The van der Waals surface area contributed by atoms with Crippen molar-refractivity contribution in [1.29, 1.82) is 0 Å². The molecule has 3 rings (SSSR count). The number of hydrogen-bond acceptors (Lipinski definition) is 8. The first-order valence-electron chi connectivity index (χ1n) is 7.86. The molecule has 1 saturated heterocycles. The number of carbonyl (C=O) groups is 2. The van der Waals surface area contributed by atoms with Crippen molar-refractivity contribution >= 4 is 33.4 Å². The summed E-state index contributed by atoms with van der Waals surface area (Å²) in [5.41, 5.74) is 1.22. The van der Waals surface area contributed by atoms with Gasteiger partial charge in [0.25, 0.3) is 0 Å². The Hall–Kier alpha value is -2.00. The summed E-state index contributed by atoms with van der Waals surface area (Å²) < 4.78 is 15.9. The van der Waals surface area contributed by atoms with Crippen LogP contribution >= 0.6 is 11.3 Å². The number of ether oxygens (including phenoxy) is 3. The summed E-state index contributed by atoms with van der Waals surface area (Å²) in [7, 11) is 1.70. The predicted octanol–water partition coefficient (Wildman–Crippen LogP) is 1.14. The minimum Gasteiger partial charge on any atom is -0.388 e. The van der Waals surface area contributed by atoms with Crippen LogP contribution in [0.25, 0.3) is 10.1 Å². The standard InChI is InChI=1S/C17H19NO6S/c1-18(11-17(21)23-15(19)16(20)24-17)6-8-22-7-4-12-2-3-14-13(10-12)5-9-25-14/h2-3,5,9-10,21H,4,6-8,11H2,1H3. The minimum absolute atomic E-state index is 0.136. The molecule has 0 spiro atoms. The fourth-order valence-electron chi connectivity index (χ4n) is 2.56. The lowest BCUT2D eigenvalue weighted by atomic mass is 10.1. The molecule has 25 heavy (non-hydrogen) atoms. The van der Waals surface area contributed by atoms with Crippen LogP contribution in [0.3, 0.4) is 0 Å². The summed E-state index contributed by atoms with van der Waals surface area (Å²) in [5.74, 6) is -4.58. The number of carbonyl (C=O) groups excluding carboxylic acids is 2. The molecule has 0 saturated carbocycles. The maximum Gasteiger partial charge on any atom is 0.422 e. The first-order valence-corrected chi connectivity index (χ1v) is 8.74. The van der Waals surface area contributed by atoms with Crippen LogP contribution in [0.1, 0.15) is 5.56 Å². The van der Waals surface area contributed by atoms with Gasteiger partial charge in [-0.1, -0.05) is 12.1 Å². The molecule has 1 fully saturated rings. The highest BCUT2D eigenvalue weighted by Crippen LogP contribution is 2.22. The number of cyclic esters (lactones) is 2. The smallest absolute Gasteiger partial charge is 0.388 e. The number of aliphatic hydroxyl groups is 1. The van der Waals surface area contributed by atoms with Gasteiger partial charge in [0, 0.05) is 11.2 Å². The Bertz CT molecular complexity index is 757. The van der Waals surface area contributed by atoms with Crippen LogP contribution < -0.4 is 0 Å². The number of likely N-dealkylation sites (N-methyl/N-ethyl adjacent to an activating group) is 1. The van der Waals surface area contributed by atoms with Crippen LogP contribution in [0, 0.1) is 0 Å². The van der Waals surface area contributed by atoms with E-state index in [4.69, 9.17) is 4.74 Å². The number of rotatable bonds is 8. The molecule has 2 aromatic rings. The lowest BCUT2D eigenvalue weighted by molar-refractivity contribution is -0.296. The van der Waals surface area contributed by atoms with E-state index in [0.717, 1.165) is 6.42 Å². The fraction of sp³-hybridized carbons (Fsp3) is 0.412. The molecule has 0 radical (unpaired) electrons. The SMILES string of the molecule is CN(CCOCCc1ccc2sccc2c1)CC1(O)OC(=O)C(=O)O1. The first-order chi connectivity index (χ1) is 12.0. The van der Waals surface area contributed by atoms with Gasteiger partial charge in [0.2, 0.25) is 0 Å². The van der Waals surface area contributed by atoms with Crippen molar-refractivity contribution in [3.63, 3.8) is 0 Å². The van der Waals surface area contributed by atoms with Crippen molar-refractivity contribution < 1.29 is 28.9 Å². The van der Waals surface area contributed by atoms with Crippen molar-refractivity contribution in [3.8, 4) is 0 Å². The van der Waals surface area contributed by atoms with Crippen molar-refractivity contribution in [2.24, 2.45) is 0 Å². The Morgan fingerprint density at radius 1 is 1.20 bits per heavy atom. The zero-order valence-electron chi connectivity index (χ0n) is 13.8. The number of hydrogen-bond donors (Lipinski definition) is 1. The van der Waals surface area contributed by atoms with Crippen LogP contribution in [0.2, 0.25) is 0 Å². The van der Waals surface area contributed by atoms with Crippen LogP contribution in [0.4, 0.5) is 0 Å². The second kappa shape index (κ2) is 7.49. The third kappa shape index (κ3) is 4.55. The highest BCUT2D eigenvalue weighted by Gasteiger charge is 2.48. The molecule has 7 nitrogen and oxygen atoms in total. The van der Waals surface area contributed by atoms with E-state index in [1.165, 1.54) is 15.6 Å². The average molecular weight is 365 g/mol.